The molecule has 0 radical (unpaired) electrons. The fraction of sp³-hybridized carbons (Fsp3) is 0.650. The van der Waals surface area contributed by atoms with Gasteiger partial charge in [-0.2, -0.15) is 0 Å². The molecular formula is C40H62N2O6. The van der Waals surface area contributed by atoms with E-state index >= 15 is 0 Å². The van der Waals surface area contributed by atoms with Crippen LogP contribution in [0.1, 0.15) is 141 Å². The van der Waals surface area contributed by atoms with Crippen molar-refractivity contribution in [1.29, 1.82) is 0 Å². The van der Waals surface area contributed by atoms with Gasteiger partial charge in [0.25, 0.3) is 5.91 Å². The Morgan fingerprint density at radius 3 is 1.90 bits per heavy atom. The molecule has 8 nitrogen and oxygen atoms in total. The molecule has 2 N–H and O–H groups in total. The van der Waals surface area contributed by atoms with Crippen molar-refractivity contribution in [2.24, 2.45) is 5.92 Å². The third-order valence-electron chi connectivity index (χ3n) is 9.38. The van der Waals surface area contributed by atoms with Crippen LogP contribution in [0.4, 0.5) is 5.69 Å². The second kappa shape index (κ2) is 22.0. The molecule has 268 valence electrons. The lowest BCUT2D eigenvalue weighted by atomic mass is 9.90. The van der Waals surface area contributed by atoms with E-state index in [1.54, 1.807) is 6.92 Å². The lowest BCUT2D eigenvalue weighted by molar-refractivity contribution is -0.276. The number of carbonyl (C=O) groups is 2. The predicted octanol–water partition coefficient (Wildman–Crippen LogP) is 8.88. The van der Waals surface area contributed by atoms with Gasteiger partial charge in [0, 0.05) is 30.6 Å². The highest BCUT2D eigenvalue weighted by atomic mass is 16.7. The number of aliphatic hydroxyl groups excluding tert-OH is 1. The maximum Gasteiger partial charge on any atom is 0.303 e. The summed E-state index contributed by atoms with van der Waals surface area (Å²) in [6.07, 6.45) is 13.6. The zero-order valence-corrected chi connectivity index (χ0v) is 30.3. The van der Waals surface area contributed by atoms with Crippen molar-refractivity contribution >= 4 is 17.6 Å². The Morgan fingerprint density at radius 2 is 1.35 bits per heavy atom. The summed E-state index contributed by atoms with van der Waals surface area (Å²) in [4.78, 5) is 26.4. The van der Waals surface area contributed by atoms with Crippen LogP contribution in [0.2, 0.25) is 0 Å². The van der Waals surface area contributed by atoms with Crippen molar-refractivity contribution in [3.63, 3.8) is 0 Å². The molecule has 2 aromatic rings. The SMILES string of the molecule is CCCCCCCCN(CCCCCCCC)C[C@H]1O[C@@H](c2ccc(NC(=O)[C@H](C)OC(C)=O)cc2)O[C@@H](c2ccc(CO)cc2)[C@H]1C. The molecule has 0 bridgehead atoms. The summed E-state index contributed by atoms with van der Waals surface area (Å²) in [7, 11) is 0. The molecule has 8 heteroatoms. The van der Waals surface area contributed by atoms with Gasteiger partial charge in [-0.25, -0.2) is 0 Å². The van der Waals surface area contributed by atoms with E-state index < -0.39 is 18.4 Å². The van der Waals surface area contributed by atoms with E-state index in [1.165, 1.54) is 84.0 Å². The predicted molar refractivity (Wildman–Crippen MR) is 192 cm³/mol. The number of rotatable bonds is 22. The van der Waals surface area contributed by atoms with Gasteiger partial charge in [0.2, 0.25) is 0 Å². The molecule has 1 aliphatic rings. The van der Waals surface area contributed by atoms with E-state index in [4.69, 9.17) is 14.2 Å². The van der Waals surface area contributed by atoms with Crippen molar-refractivity contribution in [3.05, 3.63) is 65.2 Å². The fourth-order valence-corrected chi connectivity index (χ4v) is 6.38. The van der Waals surface area contributed by atoms with Gasteiger partial charge in [-0.15, -0.1) is 0 Å². The van der Waals surface area contributed by atoms with Crippen molar-refractivity contribution in [3.8, 4) is 0 Å². The Morgan fingerprint density at radius 1 is 0.812 bits per heavy atom. The number of hydrogen-bond donors (Lipinski definition) is 2. The summed E-state index contributed by atoms with van der Waals surface area (Å²) in [5.74, 6) is -0.778. The number of esters is 1. The van der Waals surface area contributed by atoms with Gasteiger partial charge in [-0.05, 0) is 56.1 Å². The molecule has 1 heterocycles. The highest BCUT2D eigenvalue weighted by Crippen LogP contribution is 2.42. The van der Waals surface area contributed by atoms with Crippen LogP contribution in [0.5, 0.6) is 0 Å². The third kappa shape index (κ3) is 13.6. The molecule has 1 saturated heterocycles. The highest BCUT2D eigenvalue weighted by Gasteiger charge is 2.39. The number of ether oxygens (including phenoxy) is 3. The number of nitrogens with zero attached hydrogens (tertiary/aromatic N) is 1. The molecule has 5 atom stereocenters. The fourth-order valence-electron chi connectivity index (χ4n) is 6.38. The number of amides is 1. The molecule has 0 unspecified atom stereocenters. The van der Waals surface area contributed by atoms with Gasteiger partial charge in [0.1, 0.15) is 0 Å². The van der Waals surface area contributed by atoms with Gasteiger partial charge < -0.3 is 29.5 Å². The number of nitrogens with one attached hydrogen (secondary N) is 1. The topological polar surface area (TPSA) is 97.3 Å². The summed E-state index contributed by atoms with van der Waals surface area (Å²) in [6, 6.07) is 15.5. The van der Waals surface area contributed by atoms with Crippen LogP contribution >= 0.6 is 0 Å². The average Bonchev–Trinajstić information content (AvgIpc) is 3.08. The average molecular weight is 667 g/mol. The molecule has 1 amide bonds. The van der Waals surface area contributed by atoms with Crippen LogP contribution < -0.4 is 5.32 Å². The first-order valence-corrected chi connectivity index (χ1v) is 18.6. The second-order valence-corrected chi connectivity index (χ2v) is 13.5. The van der Waals surface area contributed by atoms with Crippen molar-refractivity contribution in [2.75, 3.05) is 25.0 Å². The third-order valence-corrected chi connectivity index (χ3v) is 9.38. The number of benzene rings is 2. The number of anilines is 1. The minimum absolute atomic E-state index is 0.00408. The van der Waals surface area contributed by atoms with Crippen molar-refractivity contribution < 1.29 is 28.9 Å². The number of hydrogen-bond acceptors (Lipinski definition) is 7. The van der Waals surface area contributed by atoms with E-state index in [0.29, 0.717) is 5.69 Å². The second-order valence-electron chi connectivity index (χ2n) is 13.5. The van der Waals surface area contributed by atoms with Crippen LogP contribution in [-0.4, -0.2) is 53.7 Å². The summed E-state index contributed by atoms with van der Waals surface area (Å²) < 4.78 is 18.5. The Labute approximate surface area is 289 Å². The summed E-state index contributed by atoms with van der Waals surface area (Å²) >= 11 is 0. The minimum atomic E-state index is -0.886. The Bertz CT molecular complexity index is 1170. The number of unbranched alkanes of at least 4 members (excludes halogenated alkanes) is 10. The van der Waals surface area contributed by atoms with E-state index in [-0.39, 0.29) is 30.6 Å². The molecule has 1 fully saturated rings. The molecule has 2 aromatic carbocycles. The monoisotopic (exact) mass is 666 g/mol. The quantitative estimate of drug-likeness (QED) is 0.0957. The molecule has 1 aliphatic heterocycles. The van der Waals surface area contributed by atoms with Gasteiger partial charge in [0.15, 0.2) is 12.4 Å². The first kappa shape index (κ1) is 39.7. The zero-order chi connectivity index (χ0) is 34.7. The summed E-state index contributed by atoms with van der Waals surface area (Å²) in [6.45, 7) is 12.6. The van der Waals surface area contributed by atoms with Gasteiger partial charge >= 0.3 is 5.97 Å². The molecule has 3 rings (SSSR count). The first-order chi connectivity index (χ1) is 23.2. The molecule has 0 spiro atoms. The Kier molecular flexibility index (Phi) is 18.2. The molecule has 0 saturated carbocycles. The smallest absolute Gasteiger partial charge is 0.303 e. The minimum Gasteiger partial charge on any atom is -0.453 e. The Hall–Kier alpha value is -2.78. The number of aliphatic hydroxyl groups is 1. The van der Waals surface area contributed by atoms with E-state index in [0.717, 1.165) is 36.3 Å². The standard InChI is InChI=1S/C40H62N2O6/c1-6-8-10-12-14-16-26-42(27-17-15-13-11-9-7-2)28-37-30(3)38(34-20-18-33(29-43)19-21-34)48-40(47-37)35-22-24-36(25-23-35)41-39(45)31(4)46-32(5)44/h18-25,30-31,37-38,40,43H,6-17,26-29H2,1-5H3,(H,41,45)/t30-,31-,37+,38+,40+/m0/s1. The molecule has 0 aromatic heterocycles. The van der Waals surface area contributed by atoms with Crippen molar-refractivity contribution in [1.82, 2.24) is 4.90 Å². The van der Waals surface area contributed by atoms with Crippen molar-refractivity contribution in [2.45, 2.75) is 143 Å². The maximum atomic E-state index is 12.5. The van der Waals surface area contributed by atoms with Crippen LogP contribution in [0.3, 0.4) is 0 Å². The molecule has 0 aliphatic carbocycles. The lowest BCUT2D eigenvalue weighted by Crippen LogP contribution is -2.45. The van der Waals surface area contributed by atoms with E-state index in [1.807, 2.05) is 36.4 Å². The first-order valence-electron chi connectivity index (χ1n) is 18.6. The van der Waals surface area contributed by atoms with Gasteiger partial charge in [0.05, 0.1) is 18.8 Å². The summed E-state index contributed by atoms with van der Waals surface area (Å²) in [5.41, 5.74) is 3.41. The molecule has 48 heavy (non-hydrogen) atoms. The molecular weight excluding hydrogens is 604 g/mol. The van der Waals surface area contributed by atoms with Crippen LogP contribution in [0, 0.1) is 5.92 Å². The zero-order valence-electron chi connectivity index (χ0n) is 30.3. The van der Waals surface area contributed by atoms with E-state index in [2.05, 4.69) is 43.1 Å². The maximum absolute atomic E-state index is 12.5. The normalized spacial score (nSPS) is 20.1. The van der Waals surface area contributed by atoms with Crippen LogP contribution in [0.25, 0.3) is 0 Å². The van der Waals surface area contributed by atoms with Gasteiger partial charge in [-0.3, -0.25) is 9.59 Å². The van der Waals surface area contributed by atoms with Gasteiger partial charge in [-0.1, -0.05) is 121 Å². The largest absolute Gasteiger partial charge is 0.453 e. The Balaban J connectivity index is 1.77. The summed E-state index contributed by atoms with van der Waals surface area (Å²) in [5, 5.41) is 12.4. The van der Waals surface area contributed by atoms with Crippen LogP contribution in [0.15, 0.2) is 48.5 Å². The highest BCUT2D eigenvalue weighted by molar-refractivity contribution is 5.94. The lowest BCUT2D eigenvalue weighted by Gasteiger charge is -2.43. The van der Waals surface area contributed by atoms with Crippen LogP contribution in [-0.2, 0) is 30.4 Å². The number of carbonyl (C=O) groups excluding carboxylic acids is 2. The van der Waals surface area contributed by atoms with E-state index in [9.17, 15) is 14.7 Å².